The van der Waals surface area contributed by atoms with Gasteiger partial charge in [-0.05, 0) is 66.9 Å². The van der Waals surface area contributed by atoms with E-state index in [9.17, 15) is 4.79 Å². The van der Waals surface area contributed by atoms with Crippen molar-refractivity contribution in [1.82, 2.24) is 29.6 Å². The van der Waals surface area contributed by atoms with E-state index < -0.39 is 5.54 Å². The lowest BCUT2D eigenvalue weighted by Gasteiger charge is -2.46. The van der Waals surface area contributed by atoms with Crippen LogP contribution < -0.4 is 5.32 Å². The van der Waals surface area contributed by atoms with E-state index in [1.807, 2.05) is 31.2 Å². The van der Waals surface area contributed by atoms with Crippen LogP contribution in [0.2, 0.25) is 5.02 Å². The number of nitrogens with zero attached hydrogens (tertiary/aromatic N) is 5. The number of halogens is 1. The molecule has 5 aromatic rings. The van der Waals surface area contributed by atoms with Crippen LogP contribution in [0.5, 0.6) is 0 Å². The maximum absolute atomic E-state index is 13.9. The highest BCUT2D eigenvalue weighted by atomic mass is 35.5. The van der Waals surface area contributed by atoms with E-state index in [0.717, 1.165) is 28.1 Å². The molecule has 1 amide bonds. The van der Waals surface area contributed by atoms with Gasteiger partial charge in [-0.2, -0.15) is 5.10 Å². The fraction of sp³-hybridized carbons (Fsp3) is 0.214. The lowest BCUT2D eigenvalue weighted by molar-refractivity contribution is 0.0860. The molecule has 0 unspecified atom stereocenters. The first-order valence-electron chi connectivity index (χ1n) is 12.7. The number of carbonyl (C=O) groups is 1. The molecule has 3 aromatic carbocycles. The molecule has 0 spiro atoms. The minimum absolute atomic E-state index is 0.223. The maximum atomic E-state index is 13.9. The molecule has 7 nitrogen and oxygen atoms in total. The van der Waals surface area contributed by atoms with Crippen molar-refractivity contribution in [2.75, 3.05) is 0 Å². The number of fused-ring (bicyclic) bond motifs is 3. The number of benzene rings is 3. The first kappa shape index (κ1) is 24.5. The molecule has 0 bridgehead atoms. The molecular weight excluding hydrogens is 493 g/mol. The third-order valence-electron chi connectivity index (χ3n) is 7.43. The van der Waals surface area contributed by atoms with Crippen LogP contribution in [-0.4, -0.2) is 45.9 Å². The topological polar surface area (TPSA) is 77.6 Å². The summed E-state index contributed by atoms with van der Waals surface area (Å²) in [6.45, 7) is 4.47. The standard InChI is InChI=1S/C28H27B2ClN6O/c1-17-8-11-24-23(12-17)33-26-28(29,30)14-27(15-36(24)26,19-6-4-3-5-7-19)34-25(38)21-10-9-20(13-22(21)31)37-16-32-18(2)35-37/h3-13,16H,14-15,29-30H2,1-2H3,(H,34,38)/t27-/m1/s1. The number of imidazole rings is 1. The SMILES string of the molecule is BC1(B)C[C@](NC(=O)c2ccc(-n3cnc(C)n3)cc2Cl)(c2ccccc2)Cn2c1nc1cc(C)ccc12. The highest BCUT2D eigenvalue weighted by Crippen LogP contribution is 2.42. The van der Waals surface area contributed by atoms with Gasteiger partial charge in [0.15, 0.2) is 0 Å². The fourth-order valence-electron chi connectivity index (χ4n) is 5.77. The molecule has 38 heavy (non-hydrogen) atoms. The summed E-state index contributed by atoms with van der Waals surface area (Å²) in [5.41, 5.74) is 4.76. The Hall–Kier alpha value is -3.84. The number of amides is 1. The highest BCUT2D eigenvalue weighted by Gasteiger charge is 2.47. The number of carbonyl (C=O) groups excluding carboxylic acids is 1. The Balaban J connectivity index is 1.43. The molecule has 1 aliphatic heterocycles. The lowest BCUT2D eigenvalue weighted by Crippen LogP contribution is -2.57. The van der Waals surface area contributed by atoms with Crippen LogP contribution in [0.15, 0.2) is 73.1 Å². The van der Waals surface area contributed by atoms with Gasteiger partial charge >= 0.3 is 0 Å². The van der Waals surface area contributed by atoms with Crippen LogP contribution in [0, 0.1) is 13.8 Å². The van der Waals surface area contributed by atoms with Crippen molar-refractivity contribution in [3.05, 3.63) is 106 Å². The number of hydrogen-bond acceptors (Lipinski definition) is 4. The lowest BCUT2D eigenvalue weighted by atomic mass is 9.47. The first-order chi connectivity index (χ1) is 18.1. The van der Waals surface area contributed by atoms with Crippen molar-refractivity contribution in [3.63, 3.8) is 0 Å². The summed E-state index contributed by atoms with van der Waals surface area (Å²) in [5, 5.41) is 7.82. The summed E-state index contributed by atoms with van der Waals surface area (Å²) < 4.78 is 3.91. The Morgan fingerprint density at radius 2 is 1.84 bits per heavy atom. The smallest absolute Gasteiger partial charge is 0.253 e. The second-order valence-corrected chi connectivity index (χ2v) is 11.3. The van der Waals surface area contributed by atoms with Gasteiger partial charge in [0.2, 0.25) is 0 Å². The molecule has 1 atom stereocenters. The van der Waals surface area contributed by atoms with Crippen molar-refractivity contribution < 1.29 is 4.79 Å². The normalized spacial score (nSPS) is 18.3. The number of aromatic nitrogens is 5. The number of hydrogen-bond donors (Lipinski definition) is 1. The zero-order chi connectivity index (χ0) is 26.7. The minimum atomic E-state index is -0.668. The third-order valence-corrected chi connectivity index (χ3v) is 7.74. The Morgan fingerprint density at radius 3 is 2.55 bits per heavy atom. The number of rotatable bonds is 4. The Bertz CT molecular complexity index is 1700. The van der Waals surface area contributed by atoms with Crippen molar-refractivity contribution in [2.24, 2.45) is 0 Å². The van der Waals surface area contributed by atoms with Gasteiger partial charge in [-0.1, -0.05) is 48.0 Å². The minimum Gasteiger partial charge on any atom is -0.341 e. The summed E-state index contributed by atoms with van der Waals surface area (Å²) >= 11 is 6.67. The van der Waals surface area contributed by atoms with Crippen molar-refractivity contribution in [3.8, 4) is 5.69 Å². The zero-order valence-electron chi connectivity index (χ0n) is 21.9. The molecule has 6 rings (SSSR count). The summed E-state index contributed by atoms with van der Waals surface area (Å²) in [4.78, 5) is 23.1. The Labute approximate surface area is 228 Å². The van der Waals surface area contributed by atoms with Gasteiger partial charge < -0.3 is 9.88 Å². The monoisotopic (exact) mass is 520 g/mol. The predicted octanol–water partition coefficient (Wildman–Crippen LogP) is 3.04. The van der Waals surface area contributed by atoms with Crippen LogP contribution in [-0.2, 0) is 17.3 Å². The second kappa shape index (κ2) is 8.88. The van der Waals surface area contributed by atoms with E-state index in [-0.39, 0.29) is 11.1 Å². The molecule has 1 N–H and O–H groups in total. The van der Waals surface area contributed by atoms with Crippen LogP contribution in [0.25, 0.3) is 16.7 Å². The van der Waals surface area contributed by atoms with Crippen molar-refractivity contribution in [1.29, 1.82) is 0 Å². The van der Waals surface area contributed by atoms with Crippen molar-refractivity contribution in [2.45, 2.75) is 37.6 Å². The molecule has 0 saturated carbocycles. The highest BCUT2D eigenvalue weighted by molar-refractivity contribution is 6.40. The van der Waals surface area contributed by atoms with E-state index >= 15 is 0 Å². The van der Waals surface area contributed by atoms with E-state index in [0.29, 0.717) is 29.4 Å². The molecule has 3 heterocycles. The van der Waals surface area contributed by atoms with Gasteiger partial charge in [0, 0.05) is 0 Å². The molecule has 188 valence electrons. The van der Waals surface area contributed by atoms with Gasteiger partial charge in [-0.3, -0.25) is 4.79 Å². The second-order valence-electron chi connectivity index (χ2n) is 10.9. The van der Waals surface area contributed by atoms with Gasteiger partial charge in [-0.25, -0.2) is 14.6 Å². The van der Waals surface area contributed by atoms with Crippen molar-refractivity contribution >= 4 is 44.2 Å². The molecule has 1 aliphatic rings. The van der Waals surface area contributed by atoms with E-state index in [2.05, 4.69) is 72.9 Å². The molecule has 2 aromatic heterocycles. The first-order valence-corrected chi connectivity index (χ1v) is 13.1. The van der Waals surface area contributed by atoms with Gasteiger partial charge in [-0.15, -0.1) is 0 Å². The maximum Gasteiger partial charge on any atom is 0.253 e. The molecule has 0 aliphatic carbocycles. The number of aryl methyl sites for hydroxylation is 2. The van der Waals surface area contributed by atoms with Crippen LogP contribution in [0.3, 0.4) is 0 Å². The van der Waals surface area contributed by atoms with Gasteiger partial charge in [0.05, 0.1) is 39.4 Å². The van der Waals surface area contributed by atoms with Crippen LogP contribution in [0.1, 0.15) is 39.6 Å². The van der Waals surface area contributed by atoms with Crippen LogP contribution >= 0.6 is 11.6 Å². The summed E-state index contributed by atoms with van der Waals surface area (Å²) in [7, 11) is 4.39. The summed E-state index contributed by atoms with van der Waals surface area (Å²) in [6, 6.07) is 21.9. The molecular formula is C28H27B2ClN6O. The largest absolute Gasteiger partial charge is 0.341 e. The van der Waals surface area contributed by atoms with E-state index in [1.165, 1.54) is 5.56 Å². The summed E-state index contributed by atoms with van der Waals surface area (Å²) in [5.74, 6) is 1.47. The predicted molar refractivity (Wildman–Crippen MR) is 155 cm³/mol. The van der Waals surface area contributed by atoms with Gasteiger partial charge in [0.1, 0.15) is 33.7 Å². The fourth-order valence-corrected chi connectivity index (χ4v) is 6.03. The van der Waals surface area contributed by atoms with Crippen LogP contribution in [0.4, 0.5) is 0 Å². The summed E-state index contributed by atoms with van der Waals surface area (Å²) in [6.07, 6.45) is 2.32. The van der Waals surface area contributed by atoms with E-state index in [4.69, 9.17) is 16.6 Å². The Kier molecular flexibility index (Phi) is 5.72. The zero-order valence-corrected chi connectivity index (χ0v) is 22.6. The Morgan fingerprint density at radius 1 is 1.05 bits per heavy atom. The molecule has 0 fully saturated rings. The van der Waals surface area contributed by atoms with E-state index in [1.54, 1.807) is 23.1 Å². The number of nitrogens with one attached hydrogen (secondary N) is 1. The molecule has 0 saturated heterocycles. The quantitative estimate of drug-likeness (QED) is 0.370. The molecule has 0 radical (unpaired) electrons. The average molecular weight is 521 g/mol. The van der Waals surface area contributed by atoms with Gasteiger partial charge in [0.25, 0.3) is 5.91 Å². The average Bonchev–Trinajstić information content (AvgIpc) is 3.48. The molecule has 10 heteroatoms. The third kappa shape index (κ3) is 4.11.